The second kappa shape index (κ2) is 48.4. The molecule has 0 aliphatic heterocycles. The van der Waals surface area contributed by atoms with Gasteiger partial charge < -0.3 is 90.6 Å². The molecule has 20 nitrogen and oxygen atoms in total. The lowest BCUT2D eigenvalue weighted by Crippen LogP contribution is -2.33. The van der Waals surface area contributed by atoms with Crippen LogP contribution in [0.25, 0.3) is 11.1 Å². The highest BCUT2D eigenvalue weighted by molar-refractivity contribution is 5.81. The number of nitrogens with one attached hydrogen (secondary N) is 1. The fraction of sp³-hybridized carbons (Fsp3) is 0.783. The third-order valence-corrected chi connectivity index (χ3v) is 12.3. The zero-order valence-electron chi connectivity index (χ0n) is 49.8. The zero-order valence-corrected chi connectivity index (χ0v) is 49.8. The van der Waals surface area contributed by atoms with E-state index in [9.17, 15) is 4.79 Å². The highest BCUT2D eigenvalue weighted by atomic mass is 16.6. The van der Waals surface area contributed by atoms with Crippen LogP contribution in [0.2, 0.25) is 0 Å². The predicted octanol–water partition coefficient (Wildman–Crippen LogP) is 6.96. The number of methoxy groups -OCH3 is 1. The van der Waals surface area contributed by atoms with Gasteiger partial charge in [-0.05, 0) is 82.6 Å². The van der Waals surface area contributed by atoms with Crippen molar-refractivity contribution in [3.05, 3.63) is 58.7 Å². The third kappa shape index (κ3) is 35.9. The lowest BCUT2D eigenvalue weighted by molar-refractivity contribution is -0.0306. The van der Waals surface area contributed by atoms with Gasteiger partial charge in [-0.15, -0.1) is 0 Å². The van der Waals surface area contributed by atoms with E-state index in [4.69, 9.17) is 85.3 Å². The summed E-state index contributed by atoms with van der Waals surface area (Å²) in [4.78, 5) is 12.3. The maximum Gasteiger partial charge on any atom is 0.407 e. The molecule has 0 unspecified atom stereocenters. The molecular weight excluding hydrogens is 1040 g/mol. The molecule has 2 aromatic carbocycles. The molecule has 2 aromatic rings. The SMILES string of the molecule is COCCOCCOCCOCCOCCOCCOCCOCCOCCOCCOCCOCCOCCOCCOCCOCCOCCCC1(CCCCNC(=O)OC(C)(C)C)c2cc(C)ccc2-c2ccc(C)cc21. The number of alkyl carbamates (subject to hydrolysis) is 1. The Morgan fingerprint density at radius 3 is 0.912 bits per heavy atom. The summed E-state index contributed by atoms with van der Waals surface area (Å²) in [5.74, 6) is 0. The molecule has 0 atom stereocenters. The highest BCUT2D eigenvalue weighted by Crippen LogP contribution is 2.54. The fourth-order valence-electron chi connectivity index (χ4n) is 8.46. The Morgan fingerprint density at radius 2 is 0.637 bits per heavy atom. The maximum absolute atomic E-state index is 12.3. The smallest absolute Gasteiger partial charge is 0.407 e. The van der Waals surface area contributed by atoms with Gasteiger partial charge in [0.1, 0.15) is 5.60 Å². The molecule has 3 rings (SSSR count). The van der Waals surface area contributed by atoms with Gasteiger partial charge in [-0.3, -0.25) is 0 Å². The molecule has 20 heteroatoms. The van der Waals surface area contributed by atoms with Crippen molar-refractivity contribution in [2.24, 2.45) is 0 Å². The summed E-state index contributed by atoms with van der Waals surface area (Å²) in [5, 5.41) is 2.93. The summed E-state index contributed by atoms with van der Waals surface area (Å²) in [5.41, 5.74) is 7.37. The molecule has 0 saturated carbocycles. The van der Waals surface area contributed by atoms with E-state index < -0.39 is 5.60 Å². The number of hydrogen-bond acceptors (Lipinski definition) is 19. The molecule has 1 N–H and O–H groups in total. The van der Waals surface area contributed by atoms with Crippen molar-refractivity contribution in [2.75, 3.05) is 232 Å². The number of unbranched alkanes of at least 4 members (excludes halogenated alkanes) is 1. The lowest BCUT2D eigenvalue weighted by Gasteiger charge is -2.33. The molecule has 0 saturated heterocycles. The summed E-state index contributed by atoms with van der Waals surface area (Å²) >= 11 is 0. The number of carbonyl (C=O) groups excluding carboxylic acids is 1. The molecule has 0 fully saturated rings. The standard InChI is InChI=1S/C60H103NO19/c1-52-10-12-54-55-13-11-53(2)51-57(55)60(56(54)50-52,14-7-8-16-61-58(62)80-59(3,4)5)15-9-17-64-20-21-66-24-25-68-28-29-70-32-33-72-36-37-74-40-41-76-44-45-78-48-49-79-47-46-77-43-42-75-39-38-73-35-34-71-31-30-69-27-26-67-23-22-65-19-18-63-6/h10-13,50-51H,7-9,14-49H2,1-6H3,(H,61,62). The van der Waals surface area contributed by atoms with E-state index in [-0.39, 0.29) is 11.5 Å². The van der Waals surface area contributed by atoms with Gasteiger partial charge in [0, 0.05) is 25.7 Å². The fourth-order valence-corrected chi connectivity index (χ4v) is 8.46. The van der Waals surface area contributed by atoms with Crippen LogP contribution in [-0.2, 0) is 90.7 Å². The van der Waals surface area contributed by atoms with E-state index >= 15 is 0 Å². The van der Waals surface area contributed by atoms with Gasteiger partial charge in [0.25, 0.3) is 0 Å². The summed E-state index contributed by atoms with van der Waals surface area (Å²) < 4.78 is 99.4. The van der Waals surface area contributed by atoms with Crippen molar-refractivity contribution in [2.45, 2.75) is 77.7 Å². The van der Waals surface area contributed by atoms with Gasteiger partial charge in [-0.2, -0.15) is 0 Å². The van der Waals surface area contributed by atoms with E-state index in [0.29, 0.717) is 225 Å². The Labute approximate surface area is 479 Å². The van der Waals surface area contributed by atoms with Crippen molar-refractivity contribution in [3.8, 4) is 11.1 Å². The number of amides is 1. The average Bonchev–Trinajstić information content (AvgIpc) is 3.92. The van der Waals surface area contributed by atoms with E-state index in [1.165, 1.54) is 33.4 Å². The first-order valence-electron chi connectivity index (χ1n) is 29.1. The van der Waals surface area contributed by atoms with E-state index in [1.807, 2.05) is 20.8 Å². The quantitative estimate of drug-likeness (QED) is 0.0667. The molecule has 0 bridgehead atoms. The van der Waals surface area contributed by atoms with Crippen LogP contribution in [-0.4, -0.2) is 243 Å². The average molecular weight is 1140 g/mol. The minimum atomic E-state index is -0.516. The Hall–Kier alpha value is -2.97. The minimum absolute atomic E-state index is 0.116. The minimum Gasteiger partial charge on any atom is -0.444 e. The molecule has 0 radical (unpaired) electrons. The summed E-state index contributed by atoms with van der Waals surface area (Å²) in [6.45, 7) is 27.4. The monoisotopic (exact) mass is 1140 g/mol. The first-order chi connectivity index (χ1) is 39.2. The predicted molar refractivity (Wildman–Crippen MR) is 304 cm³/mol. The molecular formula is C60H103NO19. The van der Waals surface area contributed by atoms with Crippen molar-refractivity contribution in [1.29, 1.82) is 0 Å². The van der Waals surface area contributed by atoms with Gasteiger partial charge >= 0.3 is 6.09 Å². The highest BCUT2D eigenvalue weighted by Gasteiger charge is 2.42. The zero-order chi connectivity index (χ0) is 57.3. The normalized spacial score (nSPS) is 12.8. The van der Waals surface area contributed by atoms with Gasteiger partial charge in [0.15, 0.2) is 0 Å². The number of hydrogen-bond donors (Lipinski definition) is 1. The Morgan fingerprint density at radius 1 is 0.375 bits per heavy atom. The molecule has 0 aromatic heterocycles. The second-order valence-electron chi connectivity index (χ2n) is 20.0. The van der Waals surface area contributed by atoms with Gasteiger partial charge in [0.05, 0.1) is 211 Å². The van der Waals surface area contributed by atoms with Crippen molar-refractivity contribution < 1.29 is 90.1 Å². The summed E-state index contributed by atoms with van der Waals surface area (Å²) in [6, 6.07) is 13.7. The second-order valence-corrected chi connectivity index (χ2v) is 20.0. The number of fused-ring (bicyclic) bond motifs is 3. The molecule has 0 heterocycles. The van der Waals surface area contributed by atoms with Crippen LogP contribution in [0.15, 0.2) is 36.4 Å². The number of benzene rings is 2. The molecule has 1 aliphatic rings. The summed E-state index contributed by atoms with van der Waals surface area (Å²) in [7, 11) is 1.65. The van der Waals surface area contributed by atoms with Crippen LogP contribution in [0.3, 0.4) is 0 Å². The van der Waals surface area contributed by atoms with Crippen LogP contribution in [0, 0.1) is 13.8 Å². The van der Waals surface area contributed by atoms with E-state index in [1.54, 1.807) is 7.11 Å². The molecule has 462 valence electrons. The Bertz CT molecular complexity index is 1720. The van der Waals surface area contributed by atoms with Crippen molar-refractivity contribution in [1.82, 2.24) is 5.32 Å². The molecule has 80 heavy (non-hydrogen) atoms. The number of rotatable bonds is 57. The number of carbonyl (C=O) groups is 1. The van der Waals surface area contributed by atoms with Gasteiger partial charge in [-0.1, -0.05) is 53.9 Å². The van der Waals surface area contributed by atoms with Gasteiger partial charge in [0.2, 0.25) is 0 Å². The van der Waals surface area contributed by atoms with Gasteiger partial charge in [-0.25, -0.2) is 4.79 Å². The van der Waals surface area contributed by atoms with Crippen LogP contribution < -0.4 is 5.32 Å². The van der Waals surface area contributed by atoms with Crippen LogP contribution in [0.5, 0.6) is 0 Å². The van der Waals surface area contributed by atoms with Crippen molar-refractivity contribution in [3.63, 3.8) is 0 Å². The van der Waals surface area contributed by atoms with E-state index in [0.717, 1.165) is 32.1 Å². The molecule has 1 aliphatic carbocycles. The topological polar surface area (TPSA) is 195 Å². The number of ether oxygens (including phenoxy) is 18. The first-order valence-corrected chi connectivity index (χ1v) is 29.1. The first kappa shape index (κ1) is 71.3. The van der Waals surface area contributed by atoms with Crippen LogP contribution >= 0.6 is 0 Å². The molecule has 0 spiro atoms. The number of aryl methyl sites for hydroxylation is 2. The summed E-state index contributed by atoms with van der Waals surface area (Å²) in [6.07, 6.45) is 4.37. The largest absolute Gasteiger partial charge is 0.444 e. The maximum atomic E-state index is 12.3. The van der Waals surface area contributed by atoms with Crippen LogP contribution in [0.1, 0.15) is 75.1 Å². The third-order valence-electron chi connectivity index (χ3n) is 12.3. The van der Waals surface area contributed by atoms with Crippen molar-refractivity contribution >= 4 is 6.09 Å². The molecule has 1 amide bonds. The Balaban J connectivity index is 0.999. The lowest BCUT2D eigenvalue weighted by atomic mass is 9.70. The Kier molecular flexibility index (Phi) is 43.1. The van der Waals surface area contributed by atoms with E-state index in [2.05, 4.69) is 55.6 Å². The van der Waals surface area contributed by atoms with Crippen LogP contribution in [0.4, 0.5) is 4.79 Å².